The fourth-order valence-corrected chi connectivity index (χ4v) is 16.6. The predicted molar refractivity (Wildman–Crippen MR) is 323 cm³/mol. The molecule has 2 heterocycles. The Balaban J connectivity index is 0.844. The predicted octanol–water partition coefficient (Wildman–Crippen LogP) is 16.5. The summed E-state index contributed by atoms with van der Waals surface area (Å²) in [6.45, 7) is 0. The summed E-state index contributed by atoms with van der Waals surface area (Å²) in [5, 5.41) is 10.2. The van der Waals surface area contributed by atoms with E-state index in [1.807, 2.05) is 12.1 Å². The fourth-order valence-electron chi connectivity index (χ4n) is 11.8. The van der Waals surface area contributed by atoms with Gasteiger partial charge in [-0.2, -0.15) is 0 Å². The zero-order valence-electron chi connectivity index (χ0n) is 41.7. The van der Waals surface area contributed by atoms with Gasteiger partial charge >= 0.3 is 0 Å². The van der Waals surface area contributed by atoms with E-state index >= 15 is 0 Å². The summed E-state index contributed by atoms with van der Waals surface area (Å²) < 4.78 is 8.70. The van der Waals surface area contributed by atoms with Crippen molar-refractivity contribution < 1.29 is 4.42 Å². The summed E-state index contributed by atoms with van der Waals surface area (Å²) in [5.41, 5.74) is 15.6. The summed E-state index contributed by atoms with van der Waals surface area (Å²) in [4.78, 5) is 2.38. The van der Waals surface area contributed by atoms with Crippen molar-refractivity contribution in [2.24, 2.45) is 0 Å². The molecule has 0 atom stereocenters. The second-order valence-electron chi connectivity index (χ2n) is 19.6. The van der Waals surface area contributed by atoms with E-state index < -0.39 is 8.07 Å². The lowest BCUT2D eigenvalue weighted by Gasteiger charge is -2.35. The Hall–Kier alpha value is -9.74. The highest BCUT2D eigenvalue weighted by Gasteiger charge is 2.41. The molecule has 0 aliphatic carbocycles. The molecule has 0 spiro atoms. The first-order valence-corrected chi connectivity index (χ1v) is 28.1. The van der Waals surface area contributed by atoms with Crippen LogP contribution in [-0.2, 0) is 0 Å². The highest BCUT2D eigenvalue weighted by Crippen LogP contribution is 2.41. The van der Waals surface area contributed by atoms with E-state index in [4.69, 9.17) is 4.42 Å². The molecular formula is C72H50N2OSi. The maximum atomic E-state index is 6.32. The summed E-state index contributed by atoms with van der Waals surface area (Å²) in [6.07, 6.45) is 0. The van der Waals surface area contributed by atoms with Crippen molar-refractivity contribution in [2.75, 3.05) is 4.90 Å². The Kier molecular flexibility index (Phi) is 11.2. The van der Waals surface area contributed by atoms with E-state index in [1.165, 1.54) is 59.2 Å². The molecule has 0 fully saturated rings. The SMILES string of the molecule is c1ccc(-n2c3ccccc3c3c(-c4ccc(-c5ccc(N(c6ccc(-c7ccc8c(c7)oc7ccccc78)cc6)c6ccc([Si](c7ccccc7)(c7ccccc7)c7ccccc7)cc6)cc5)cc4)cccc32)cc1. The normalized spacial score (nSPS) is 11.7. The Morgan fingerprint density at radius 1 is 0.289 bits per heavy atom. The third kappa shape index (κ3) is 7.66. The number of rotatable bonds is 11. The van der Waals surface area contributed by atoms with E-state index in [-0.39, 0.29) is 0 Å². The molecule has 0 aliphatic rings. The van der Waals surface area contributed by atoms with Gasteiger partial charge in [0.05, 0.1) is 11.0 Å². The van der Waals surface area contributed by atoms with Crippen LogP contribution in [-0.4, -0.2) is 12.6 Å². The van der Waals surface area contributed by atoms with Crippen LogP contribution >= 0.6 is 0 Å². The van der Waals surface area contributed by atoms with Gasteiger partial charge in [-0.3, -0.25) is 0 Å². The molecule has 4 heteroatoms. The van der Waals surface area contributed by atoms with Crippen molar-refractivity contribution in [1.82, 2.24) is 4.57 Å². The molecule has 76 heavy (non-hydrogen) atoms. The first kappa shape index (κ1) is 44.9. The molecule has 14 aromatic rings. The molecule has 0 radical (unpaired) electrons. The molecule has 14 rings (SSSR count). The van der Waals surface area contributed by atoms with Gasteiger partial charge in [0.1, 0.15) is 11.2 Å². The molecule has 0 N–H and O–H groups in total. The van der Waals surface area contributed by atoms with Crippen LogP contribution in [0.15, 0.2) is 308 Å². The van der Waals surface area contributed by atoms with Gasteiger partial charge in [-0.25, -0.2) is 0 Å². The zero-order valence-corrected chi connectivity index (χ0v) is 42.7. The lowest BCUT2D eigenvalue weighted by molar-refractivity contribution is 0.669. The minimum Gasteiger partial charge on any atom is -0.456 e. The molecule has 2 aromatic heterocycles. The number of fused-ring (bicyclic) bond motifs is 6. The van der Waals surface area contributed by atoms with Crippen molar-refractivity contribution in [3.05, 3.63) is 303 Å². The molecule has 0 aliphatic heterocycles. The molecule has 0 unspecified atom stereocenters. The van der Waals surface area contributed by atoms with Gasteiger partial charge in [0, 0.05) is 44.3 Å². The molecular weight excluding hydrogens is 937 g/mol. The maximum Gasteiger partial charge on any atom is 0.179 e. The zero-order chi connectivity index (χ0) is 50.4. The minimum absolute atomic E-state index is 0.893. The fraction of sp³-hybridized carbons (Fsp3) is 0. The van der Waals surface area contributed by atoms with Crippen LogP contribution in [0.4, 0.5) is 17.1 Å². The van der Waals surface area contributed by atoms with E-state index in [9.17, 15) is 0 Å². The lowest BCUT2D eigenvalue weighted by atomic mass is 9.97. The van der Waals surface area contributed by atoms with Gasteiger partial charge in [-0.05, 0) is 133 Å². The Morgan fingerprint density at radius 3 is 1.30 bits per heavy atom. The number of hydrogen-bond acceptors (Lipinski definition) is 2. The largest absolute Gasteiger partial charge is 0.456 e. The number of furan rings is 1. The third-order valence-electron chi connectivity index (χ3n) is 15.4. The summed E-state index contributed by atoms with van der Waals surface area (Å²) in [7, 11) is -2.73. The van der Waals surface area contributed by atoms with Gasteiger partial charge in [0.15, 0.2) is 8.07 Å². The quantitative estimate of drug-likeness (QED) is 0.0951. The van der Waals surface area contributed by atoms with Crippen molar-refractivity contribution in [3.63, 3.8) is 0 Å². The average molecular weight is 987 g/mol. The summed E-state index contributed by atoms with van der Waals surface area (Å²) in [5.74, 6) is 0. The minimum atomic E-state index is -2.73. The van der Waals surface area contributed by atoms with Crippen molar-refractivity contribution in [3.8, 4) is 39.1 Å². The highest BCUT2D eigenvalue weighted by molar-refractivity contribution is 7.19. The second-order valence-corrected chi connectivity index (χ2v) is 23.4. The standard InChI is InChI=1S/C72H50N2OSi/c1-5-18-56(19-6-1)74-68-29-15-13-27-67(68)72-64(28-17-30-69(72)74)54-34-32-51(33-35-54)52-36-41-57(42-37-52)73(58-43-38-53(39-44-58)55-40-49-66-65-26-14-16-31-70(65)75-71(66)50-55)59-45-47-63(48-46-59)76(60-20-7-2-8-21-60,61-22-9-3-10-23-61)62-24-11-4-12-25-62/h1-50H. The monoisotopic (exact) mass is 986 g/mol. The lowest BCUT2D eigenvalue weighted by Crippen LogP contribution is -2.74. The smallest absolute Gasteiger partial charge is 0.179 e. The molecule has 0 saturated carbocycles. The molecule has 3 nitrogen and oxygen atoms in total. The number of nitrogens with zero attached hydrogens (tertiary/aromatic N) is 2. The van der Waals surface area contributed by atoms with Crippen molar-refractivity contribution in [1.29, 1.82) is 0 Å². The topological polar surface area (TPSA) is 21.3 Å². The third-order valence-corrected chi connectivity index (χ3v) is 20.2. The first-order chi connectivity index (χ1) is 37.7. The number of hydrogen-bond donors (Lipinski definition) is 0. The van der Waals surface area contributed by atoms with E-state index in [2.05, 4.69) is 301 Å². The van der Waals surface area contributed by atoms with E-state index in [0.717, 1.165) is 61.4 Å². The van der Waals surface area contributed by atoms with Gasteiger partial charge < -0.3 is 13.9 Å². The first-order valence-electron chi connectivity index (χ1n) is 26.1. The summed E-state index contributed by atoms with van der Waals surface area (Å²) in [6, 6.07) is 111. The van der Waals surface area contributed by atoms with Gasteiger partial charge in [0.2, 0.25) is 0 Å². The Labute approximate surface area is 443 Å². The van der Waals surface area contributed by atoms with Crippen molar-refractivity contribution in [2.45, 2.75) is 0 Å². The Morgan fingerprint density at radius 2 is 0.711 bits per heavy atom. The summed E-state index contributed by atoms with van der Waals surface area (Å²) >= 11 is 0. The number of anilines is 3. The van der Waals surface area contributed by atoms with Crippen LogP contribution in [0.3, 0.4) is 0 Å². The van der Waals surface area contributed by atoms with Crippen LogP contribution in [0.1, 0.15) is 0 Å². The van der Waals surface area contributed by atoms with E-state index in [1.54, 1.807) is 0 Å². The van der Waals surface area contributed by atoms with Crippen LogP contribution < -0.4 is 25.6 Å². The molecule has 12 aromatic carbocycles. The average Bonchev–Trinajstić information content (AvgIpc) is 4.16. The highest BCUT2D eigenvalue weighted by atomic mass is 28.3. The van der Waals surface area contributed by atoms with Crippen molar-refractivity contribution >= 4 is 89.6 Å². The molecule has 0 amide bonds. The number of aromatic nitrogens is 1. The number of para-hydroxylation sites is 3. The van der Waals surface area contributed by atoms with Crippen LogP contribution in [0.5, 0.6) is 0 Å². The molecule has 0 bridgehead atoms. The Bertz CT molecular complexity index is 4240. The maximum absolute atomic E-state index is 6.32. The molecule has 0 saturated heterocycles. The van der Waals surface area contributed by atoms with Gasteiger partial charge in [-0.15, -0.1) is 0 Å². The second kappa shape index (κ2) is 18.9. The number of benzene rings is 12. The molecule has 358 valence electrons. The van der Waals surface area contributed by atoms with Crippen LogP contribution in [0.25, 0.3) is 82.8 Å². The van der Waals surface area contributed by atoms with Gasteiger partial charge in [0.25, 0.3) is 0 Å². The van der Waals surface area contributed by atoms with E-state index in [0.29, 0.717) is 0 Å². The van der Waals surface area contributed by atoms with Gasteiger partial charge in [-0.1, -0.05) is 224 Å². The van der Waals surface area contributed by atoms with Crippen LogP contribution in [0.2, 0.25) is 0 Å². The van der Waals surface area contributed by atoms with Crippen LogP contribution in [0, 0.1) is 0 Å².